The first kappa shape index (κ1) is 17.9. The molecule has 0 unspecified atom stereocenters. The van der Waals surface area contributed by atoms with E-state index in [9.17, 15) is 23.1 Å². The number of rotatable bonds is 4. The Hall–Kier alpha value is -2.86. The molecule has 3 nitrogen and oxygen atoms in total. The summed E-state index contributed by atoms with van der Waals surface area (Å²) in [5.41, 5.74) is -0.00724. The van der Waals surface area contributed by atoms with E-state index in [0.29, 0.717) is 11.1 Å². The van der Waals surface area contributed by atoms with E-state index in [1.807, 2.05) is 30.3 Å². The van der Waals surface area contributed by atoms with Crippen LogP contribution in [0.5, 0.6) is 0 Å². The Balaban J connectivity index is 1.69. The Morgan fingerprint density at radius 2 is 1.62 bits per heavy atom. The van der Waals surface area contributed by atoms with Crippen LogP contribution < -0.4 is 5.32 Å². The minimum atomic E-state index is -4.42. The van der Waals surface area contributed by atoms with Crippen LogP contribution in [0.2, 0.25) is 0 Å². The zero-order valence-electron chi connectivity index (χ0n) is 13.6. The number of nitrogens with one attached hydrogen (secondary N) is 1. The van der Waals surface area contributed by atoms with Gasteiger partial charge >= 0.3 is 6.18 Å². The van der Waals surface area contributed by atoms with Gasteiger partial charge in [0.25, 0.3) is 5.91 Å². The summed E-state index contributed by atoms with van der Waals surface area (Å²) in [5.74, 6) is -0.354. The summed E-state index contributed by atoms with van der Waals surface area (Å²) < 4.78 is 37.7. The highest BCUT2D eigenvalue weighted by atomic mass is 19.4. The Labute approximate surface area is 148 Å². The number of carbonyl (C=O) groups is 1. The van der Waals surface area contributed by atoms with Crippen LogP contribution in [0.25, 0.3) is 10.8 Å². The topological polar surface area (TPSA) is 49.3 Å². The zero-order chi connectivity index (χ0) is 18.7. The quantitative estimate of drug-likeness (QED) is 0.729. The van der Waals surface area contributed by atoms with E-state index in [4.69, 9.17) is 0 Å². The van der Waals surface area contributed by atoms with Gasteiger partial charge in [0, 0.05) is 12.1 Å². The molecule has 0 spiro atoms. The lowest BCUT2D eigenvalue weighted by molar-refractivity contribution is -0.137. The van der Waals surface area contributed by atoms with E-state index in [1.165, 1.54) is 12.1 Å². The van der Waals surface area contributed by atoms with E-state index >= 15 is 0 Å². The minimum absolute atomic E-state index is 0.104. The lowest BCUT2D eigenvalue weighted by Crippen LogP contribution is -2.28. The van der Waals surface area contributed by atoms with Gasteiger partial charge in [0.15, 0.2) is 0 Å². The van der Waals surface area contributed by atoms with Gasteiger partial charge in [0.05, 0.1) is 11.7 Å². The van der Waals surface area contributed by atoms with Gasteiger partial charge in [-0.05, 0) is 34.5 Å². The molecule has 0 heterocycles. The van der Waals surface area contributed by atoms with Crippen LogP contribution in [0.1, 0.15) is 27.6 Å². The van der Waals surface area contributed by atoms with Gasteiger partial charge in [-0.2, -0.15) is 13.2 Å². The highest BCUT2D eigenvalue weighted by molar-refractivity contribution is 6.07. The van der Waals surface area contributed by atoms with Gasteiger partial charge in [0.1, 0.15) is 0 Å². The van der Waals surface area contributed by atoms with Crippen molar-refractivity contribution in [2.45, 2.75) is 12.3 Å². The van der Waals surface area contributed by atoms with Crippen molar-refractivity contribution < 1.29 is 23.1 Å². The highest BCUT2D eigenvalue weighted by Gasteiger charge is 2.30. The van der Waals surface area contributed by atoms with E-state index in [2.05, 4.69) is 5.32 Å². The lowest BCUT2D eigenvalue weighted by Gasteiger charge is -2.14. The number of alkyl halides is 3. The molecule has 6 heteroatoms. The van der Waals surface area contributed by atoms with Crippen molar-refractivity contribution in [2.24, 2.45) is 0 Å². The molecule has 0 saturated carbocycles. The fourth-order valence-corrected chi connectivity index (χ4v) is 2.72. The summed E-state index contributed by atoms with van der Waals surface area (Å²) in [4.78, 5) is 12.4. The van der Waals surface area contributed by atoms with E-state index in [0.717, 1.165) is 22.9 Å². The van der Waals surface area contributed by atoms with Crippen LogP contribution in [0.3, 0.4) is 0 Å². The highest BCUT2D eigenvalue weighted by Crippen LogP contribution is 2.29. The second kappa shape index (κ2) is 7.17. The maximum Gasteiger partial charge on any atom is 0.416 e. The second-order valence-electron chi connectivity index (χ2n) is 5.87. The predicted octanol–water partition coefficient (Wildman–Crippen LogP) is 4.32. The van der Waals surface area contributed by atoms with Gasteiger partial charge in [-0.25, -0.2) is 0 Å². The molecular weight excluding hydrogens is 343 g/mol. The van der Waals surface area contributed by atoms with Crippen LogP contribution in [-0.2, 0) is 6.18 Å². The van der Waals surface area contributed by atoms with Crippen LogP contribution >= 0.6 is 0 Å². The lowest BCUT2D eigenvalue weighted by atomic mass is 10.0. The first-order valence-electron chi connectivity index (χ1n) is 7.97. The minimum Gasteiger partial charge on any atom is -0.387 e. The summed E-state index contributed by atoms with van der Waals surface area (Å²) in [6.07, 6.45) is -5.53. The summed E-state index contributed by atoms with van der Waals surface area (Å²) in [6, 6.07) is 17.0. The molecule has 1 atom stereocenters. The van der Waals surface area contributed by atoms with Crippen molar-refractivity contribution in [1.82, 2.24) is 5.32 Å². The SMILES string of the molecule is O=C(NC[C@@H](O)c1ccc(C(F)(F)F)cc1)c1cccc2ccccc12. The number of benzene rings is 3. The predicted molar refractivity (Wildman–Crippen MR) is 92.7 cm³/mol. The third kappa shape index (κ3) is 3.86. The molecule has 0 aliphatic carbocycles. The number of fused-ring (bicyclic) bond motifs is 1. The molecule has 0 radical (unpaired) electrons. The van der Waals surface area contributed by atoms with E-state index < -0.39 is 17.8 Å². The van der Waals surface area contributed by atoms with Gasteiger partial charge in [0.2, 0.25) is 0 Å². The molecule has 3 rings (SSSR count). The van der Waals surface area contributed by atoms with Gasteiger partial charge in [-0.15, -0.1) is 0 Å². The summed E-state index contributed by atoms with van der Waals surface area (Å²) >= 11 is 0. The van der Waals surface area contributed by atoms with Crippen molar-refractivity contribution >= 4 is 16.7 Å². The number of amides is 1. The molecule has 0 aliphatic rings. The van der Waals surface area contributed by atoms with Crippen molar-refractivity contribution in [3.63, 3.8) is 0 Å². The van der Waals surface area contributed by atoms with E-state index in [-0.39, 0.29) is 12.5 Å². The maximum atomic E-state index is 12.6. The molecule has 2 N–H and O–H groups in total. The van der Waals surface area contributed by atoms with Crippen molar-refractivity contribution in [2.75, 3.05) is 6.54 Å². The first-order chi connectivity index (χ1) is 12.4. The van der Waals surface area contributed by atoms with Crippen molar-refractivity contribution in [1.29, 1.82) is 0 Å². The monoisotopic (exact) mass is 359 g/mol. The maximum absolute atomic E-state index is 12.6. The first-order valence-corrected chi connectivity index (χ1v) is 7.97. The van der Waals surface area contributed by atoms with Crippen molar-refractivity contribution in [3.8, 4) is 0 Å². The molecule has 0 bridgehead atoms. The molecule has 3 aromatic carbocycles. The fourth-order valence-electron chi connectivity index (χ4n) is 2.72. The number of aliphatic hydroxyl groups excluding tert-OH is 1. The fraction of sp³-hybridized carbons (Fsp3) is 0.150. The zero-order valence-corrected chi connectivity index (χ0v) is 13.6. The van der Waals surface area contributed by atoms with Gasteiger partial charge < -0.3 is 10.4 Å². The molecule has 0 saturated heterocycles. The smallest absolute Gasteiger partial charge is 0.387 e. The molecule has 0 aliphatic heterocycles. The Kier molecular flexibility index (Phi) is 4.95. The summed E-state index contributed by atoms with van der Waals surface area (Å²) in [7, 11) is 0. The van der Waals surface area contributed by atoms with Gasteiger partial charge in [-0.1, -0.05) is 48.5 Å². The number of hydrogen-bond acceptors (Lipinski definition) is 2. The van der Waals surface area contributed by atoms with Crippen LogP contribution in [0.15, 0.2) is 66.7 Å². The van der Waals surface area contributed by atoms with Crippen molar-refractivity contribution in [3.05, 3.63) is 83.4 Å². The molecular formula is C20H16F3NO2. The standard InChI is InChI=1S/C20H16F3NO2/c21-20(22,23)15-10-8-14(9-11-15)18(25)12-24-19(26)17-7-3-5-13-4-1-2-6-16(13)17/h1-11,18,25H,12H2,(H,24,26)/t18-/m1/s1. The summed E-state index contributed by atoms with van der Waals surface area (Å²) in [6.45, 7) is -0.104. The number of hydrogen-bond donors (Lipinski definition) is 2. The largest absolute Gasteiger partial charge is 0.416 e. The third-order valence-corrected chi connectivity index (χ3v) is 4.11. The molecule has 1 amide bonds. The Morgan fingerprint density at radius 1 is 0.962 bits per heavy atom. The Morgan fingerprint density at radius 3 is 2.31 bits per heavy atom. The summed E-state index contributed by atoms with van der Waals surface area (Å²) in [5, 5.41) is 14.5. The van der Waals surface area contributed by atoms with Gasteiger partial charge in [-0.3, -0.25) is 4.79 Å². The van der Waals surface area contributed by atoms with Crippen LogP contribution in [-0.4, -0.2) is 17.6 Å². The molecule has 134 valence electrons. The second-order valence-corrected chi connectivity index (χ2v) is 5.87. The average Bonchev–Trinajstić information content (AvgIpc) is 2.64. The number of aliphatic hydroxyl groups is 1. The number of carbonyl (C=O) groups excluding carboxylic acids is 1. The number of halogens is 3. The third-order valence-electron chi connectivity index (χ3n) is 4.11. The van der Waals surface area contributed by atoms with Crippen LogP contribution in [0.4, 0.5) is 13.2 Å². The van der Waals surface area contributed by atoms with E-state index in [1.54, 1.807) is 12.1 Å². The van der Waals surface area contributed by atoms with Crippen LogP contribution in [0, 0.1) is 0 Å². The normalized spacial score (nSPS) is 12.8. The molecule has 0 fully saturated rings. The average molecular weight is 359 g/mol. The molecule has 0 aromatic heterocycles. The molecule has 3 aromatic rings. The molecule has 26 heavy (non-hydrogen) atoms. The Bertz CT molecular complexity index is 915.